The van der Waals surface area contributed by atoms with E-state index in [0.29, 0.717) is 18.4 Å². The second-order valence-corrected chi connectivity index (χ2v) is 8.31. The third kappa shape index (κ3) is 5.52. The summed E-state index contributed by atoms with van der Waals surface area (Å²) in [6.07, 6.45) is -1.23. The van der Waals surface area contributed by atoms with Gasteiger partial charge in [-0.25, -0.2) is 9.37 Å². The number of fused-ring (bicyclic) bond motifs is 1. The summed E-state index contributed by atoms with van der Waals surface area (Å²) < 4.78 is 60.7. The molecule has 1 amide bonds. The minimum Gasteiger partial charge on any atom is -0.487 e. The SMILES string of the molecule is C=C(c1nc(/C=C/CNC(=O)C2CC2)cc2c(O[C@@H]3CCNC[C@@H]3F)cccc12)C(F)(F)F. The fourth-order valence-electron chi connectivity index (χ4n) is 3.74. The highest BCUT2D eigenvalue weighted by Crippen LogP contribution is 2.38. The number of halogens is 4. The number of allylic oxidation sites excluding steroid dienone is 1. The maximum atomic E-state index is 14.3. The summed E-state index contributed by atoms with van der Waals surface area (Å²) in [7, 11) is 0. The van der Waals surface area contributed by atoms with E-state index in [2.05, 4.69) is 22.2 Å². The van der Waals surface area contributed by atoms with Gasteiger partial charge in [0.05, 0.1) is 17.0 Å². The zero-order chi connectivity index (χ0) is 23.6. The van der Waals surface area contributed by atoms with Crippen LogP contribution < -0.4 is 15.4 Å². The lowest BCUT2D eigenvalue weighted by molar-refractivity contribution is -0.122. The van der Waals surface area contributed by atoms with Gasteiger partial charge in [0.15, 0.2) is 0 Å². The number of rotatable bonds is 7. The molecule has 1 saturated heterocycles. The van der Waals surface area contributed by atoms with Gasteiger partial charge in [-0.05, 0) is 44.0 Å². The van der Waals surface area contributed by atoms with Crippen LogP contribution in [-0.4, -0.2) is 49.0 Å². The number of alkyl halides is 4. The molecule has 2 aliphatic rings. The summed E-state index contributed by atoms with van der Waals surface area (Å²) >= 11 is 0. The topological polar surface area (TPSA) is 63.2 Å². The molecule has 1 saturated carbocycles. The standard InChI is InChI=1S/C24H25F4N3O2/c1-14(24(26,27)28)22-17-5-2-6-20(33-21-9-11-29-13-19(21)25)18(17)12-16(31-22)4-3-10-30-23(32)15-7-8-15/h2-6,12,15,19,21,29H,1,7-11,13H2,(H,30,32)/b4-3+/t19-,21+/m0/s1. The van der Waals surface area contributed by atoms with E-state index < -0.39 is 24.0 Å². The molecule has 2 N–H and O–H groups in total. The number of benzene rings is 1. The van der Waals surface area contributed by atoms with Crippen LogP contribution in [0.2, 0.25) is 0 Å². The Morgan fingerprint density at radius 3 is 2.76 bits per heavy atom. The summed E-state index contributed by atoms with van der Waals surface area (Å²) in [5, 5.41) is 6.31. The van der Waals surface area contributed by atoms with Crippen LogP contribution >= 0.6 is 0 Å². The fourth-order valence-corrected chi connectivity index (χ4v) is 3.74. The molecule has 0 spiro atoms. The highest BCUT2D eigenvalue weighted by Gasteiger charge is 2.35. The fraction of sp³-hybridized carbons (Fsp3) is 0.417. The number of aromatic nitrogens is 1. The second kappa shape index (κ2) is 9.51. The van der Waals surface area contributed by atoms with E-state index in [-0.39, 0.29) is 47.4 Å². The molecule has 2 fully saturated rings. The Morgan fingerprint density at radius 1 is 1.27 bits per heavy atom. The van der Waals surface area contributed by atoms with Gasteiger partial charge in [-0.15, -0.1) is 0 Å². The van der Waals surface area contributed by atoms with Crippen molar-refractivity contribution in [3.8, 4) is 5.75 Å². The molecule has 2 aromatic rings. The number of carbonyl (C=O) groups is 1. The molecule has 2 heterocycles. The number of amides is 1. The third-order valence-electron chi connectivity index (χ3n) is 5.74. The number of carbonyl (C=O) groups excluding carboxylic acids is 1. The molecule has 1 aliphatic carbocycles. The van der Waals surface area contributed by atoms with Crippen LogP contribution in [0.15, 0.2) is 36.9 Å². The Labute approximate surface area is 188 Å². The lowest BCUT2D eigenvalue weighted by atomic mass is 10.0. The number of ether oxygens (including phenoxy) is 1. The average molecular weight is 463 g/mol. The van der Waals surface area contributed by atoms with E-state index in [1.807, 2.05) is 0 Å². The van der Waals surface area contributed by atoms with E-state index in [1.54, 1.807) is 30.4 Å². The van der Waals surface area contributed by atoms with Crippen LogP contribution in [0.5, 0.6) is 5.75 Å². The molecular weight excluding hydrogens is 438 g/mol. The summed E-state index contributed by atoms with van der Waals surface area (Å²) in [5.74, 6) is 0.320. The Hall–Kier alpha value is -2.94. The molecule has 1 aromatic heterocycles. The van der Waals surface area contributed by atoms with E-state index in [0.717, 1.165) is 12.8 Å². The molecule has 0 radical (unpaired) electrons. The first-order chi connectivity index (χ1) is 15.7. The largest absolute Gasteiger partial charge is 0.487 e. The Kier molecular flexibility index (Phi) is 6.69. The molecule has 176 valence electrons. The maximum absolute atomic E-state index is 14.3. The van der Waals surface area contributed by atoms with Crippen LogP contribution in [0.1, 0.15) is 30.7 Å². The predicted molar refractivity (Wildman–Crippen MR) is 118 cm³/mol. The summed E-state index contributed by atoms with van der Waals surface area (Å²) in [5.41, 5.74) is -1.14. The smallest absolute Gasteiger partial charge is 0.417 e. The highest BCUT2D eigenvalue weighted by atomic mass is 19.4. The van der Waals surface area contributed by atoms with Gasteiger partial charge in [0.1, 0.15) is 18.0 Å². The molecule has 1 aliphatic heterocycles. The van der Waals surface area contributed by atoms with Crippen LogP contribution in [0, 0.1) is 5.92 Å². The number of nitrogens with one attached hydrogen (secondary N) is 2. The van der Waals surface area contributed by atoms with Crippen LogP contribution in [0.25, 0.3) is 22.4 Å². The first-order valence-corrected chi connectivity index (χ1v) is 10.9. The minimum atomic E-state index is -4.67. The maximum Gasteiger partial charge on any atom is 0.417 e. The van der Waals surface area contributed by atoms with Gasteiger partial charge in [0.2, 0.25) is 5.91 Å². The normalized spacial score (nSPS) is 21.3. The van der Waals surface area contributed by atoms with Crippen molar-refractivity contribution in [2.75, 3.05) is 19.6 Å². The van der Waals surface area contributed by atoms with E-state index in [4.69, 9.17) is 4.74 Å². The van der Waals surface area contributed by atoms with Gasteiger partial charge in [-0.3, -0.25) is 4.79 Å². The number of hydrogen-bond acceptors (Lipinski definition) is 4. The molecule has 5 nitrogen and oxygen atoms in total. The number of piperidine rings is 1. The minimum absolute atomic E-state index is 0.0318. The van der Waals surface area contributed by atoms with Gasteiger partial charge in [-0.1, -0.05) is 24.8 Å². The zero-order valence-corrected chi connectivity index (χ0v) is 17.9. The lowest BCUT2D eigenvalue weighted by Gasteiger charge is -2.28. The van der Waals surface area contributed by atoms with Gasteiger partial charge < -0.3 is 15.4 Å². The van der Waals surface area contributed by atoms with Crippen molar-refractivity contribution in [3.05, 3.63) is 48.3 Å². The average Bonchev–Trinajstić information content (AvgIpc) is 3.62. The van der Waals surface area contributed by atoms with Crippen molar-refractivity contribution in [3.63, 3.8) is 0 Å². The quantitative estimate of drug-likeness (QED) is 0.597. The van der Waals surface area contributed by atoms with Gasteiger partial charge in [-0.2, -0.15) is 13.2 Å². The number of nitrogens with zero attached hydrogens (tertiary/aromatic N) is 1. The zero-order valence-electron chi connectivity index (χ0n) is 17.9. The molecule has 0 bridgehead atoms. The molecule has 33 heavy (non-hydrogen) atoms. The van der Waals surface area contributed by atoms with E-state index in [1.165, 1.54) is 6.07 Å². The van der Waals surface area contributed by atoms with Crippen molar-refractivity contribution in [1.82, 2.24) is 15.6 Å². The first-order valence-electron chi connectivity index (χ1n) is 10.9. The van der Waals surface area contributed by atoms with Gasteiger partial charge in [0, 0.05) is 29.8 Å². The van der Waals surface area contributed by atoms with E-state index in [9.17, 15) is 22.4 Å². The third-order valence-corrected chi connectivity index (χ3v) is 5.74. The molecular formula is C24H25F4N3O2. The summed E-state index contributed by atoms with van der Waals surface area (Å²) in [6.45, 7) is 4.20. The van der Waals surface area contributed by atoms with Crippen LogP contribution in [-0.2, 0) is 4.79 Å². The monoisotopic (exact) mass is 463 g/mol. The Morgan fingerprint density at radius 2 is 2.06 bits per heavy atom. The van der Waals surface area contributed by atoms with Gasteiger partial charge in [0.25, 0.3) is 0 Å². The molecule has 0 unspecified atom stereocenters. The number of pyridine rings is 1. The van der Waals surface area contributed by atoms with Gasteiger partial charge >= 0.3 is 6.18 Å². The summed E-state index contributed by atoms with van der Waals surface area (Å²) in [4.78, 5) is 15.9. The predicted octanol–water partition coefficient (Wildman–Crippen LogP) is 4.43. The van der Waals surface area contributed by atoms with Crippen molar-refractivity contribution in [1.29, 1.82) is 0 Å². The number of hydrogen-bond donors (Lipinski definition) is 2. The van der Waals surface area contributed by atoms with Crippen molar-refractivity contribution in [2.24, 2.45) is 5.92 Å². The highest BCUT2D eigenvalue weighted by molar-refractivity contribution is 5.97. The molecule has 9 heteroatoms. The molecule has 4 rings (SSSR count). The van der Waals surface area contributed by atoms with Crippen molar-refractivity contribution >= 4 is 28.3 Å². The molecule has 1 aromatic carbocycles. The van der Waals surface area contributed by atoms with Crippen molar-refractivity contribution in [2.45, 2.75) is 37.7 Å². The molecule has 2 atom stereocenters. The lowest BCUT2D eigenvalue weighted by Crippen LogP contribution is -2.44. The van der Waals surface area contributed by atoms with Crippen LogP contribution in [0.4, 0.5) is 17.6 Å². The first kappa shape index (κ1) is 23.2. The van der Waals surface area contributed by atoms with Crippen molar-refractivity contribution < 1.29 is 27.1 Å². The Bertz CT molecular complexity index is 1080. The van der Waals surface area contributed by atoms with Crippen LogP contribution in [0.3, 0.4) is 0 Å². The Balaban J connectivity index is 1.67. The van der Waals surface area contributed by atoms with E-state index >= 15 is 0 Å². The summed E-state index contributed by atoms with van der Waals surface area (Å²) in [6, 6.07) is 6.29. The second-order valence-electron chi connectivity index (χ2n) is 8.31.